The van der Waals surface area contributed by atoms with E-state index in [-0.39, 0.29) is 21.1 Å². The van der Waals surface area contributed by atoms with Crippen LogP contribution in [0.25, 0.3) is 71.4 Å². The number of nitrogens with zero attached hydrogens (tertiary/aromatic N) is 5. The summed E-state index contributed by atoms with van der Waals surface area (Å²) in [6.45, 7) is 4.71. The number of para-hydroxylation sites is 4. The van der Waals surface area contributed by atoms with Gasteiger partial charge < -0.3 is 24.4 Å². The molecule has 67 heavy (non-hydrogen) atoms. The summed E-state index contributed by atoms with van der Waals surface area (Å²) in [5, 5.41) is 8.48. The first-order chi connectivity index (χ1) is 32.6. The number of rotatable bonds is 10. The molecule has 6 nitrogen and oxygen atoms in total. The molecule has 9 aromatic carbocycles. The summed E-state index contributed by atoms with van der Waals surface area (Å²) < 4.78 is 8.85. The molecule has 0 aliphatic carbocycles. The third kappa shape index (κ3) is 7.79. The summed E-state index contributed by atoms with van der Waals surface area (Å²) in [6, 6.07) is 79.1. The van der Waals surface area contributed by atoms with Gasteiger partial charge in [0.25, 0.3) is 0 Å². The number of ether oxygens (including phenoxy) is 1. The van der Waals surface area contributed by atoms with E-state index in [1.807, 2.05) is 24.4 Å². The Morgan fingerprint density at radius 3 is 1.96 bits per heavy atom. The van der Waals surface area contributed by atoms with Gasteiger partial charge in [0.15, 0.2) is 0 Å². The number of anilines is 4. The molecule has 0 bridgehead atoms. The number of benzene rings is 9. The predicted octanol–water partition coefficient (Wildman–Crippen LogP) is 16.1. The van der Waals surface area contributed by atoms with Crippen molar-refractivity contribution in [3.63, 3.8) is 0 Å². The van der Waals surface area contributed by atoms with E-state index >= 15 is 0 Å². The Hall–Kier alpha value is -7.92. The van der Waals surface area contributed by atoms with Crippen molar-refractivity contribution in [1.82, 2.24) is 9.55 Å². The van der Waals surface area contributed by atoms with Crippen molar-refractivity contribution in [1.29, 1.82) is 0 Å². The standard InChI is InChI=1S/C60H41N5O.Pt/c1-41-26-33-55-54(36-41)49(34-35-61-55)44-27-29-45(30-28-44)62-39-63-56-23-9-8-20-52(56)53-32-31-48(38-59(53)63)66-47-19-12-18-46(37-47)64-40-65(58-25-11-10-24-57(58)64)60-50(42-14-4-2-5-15-42)21-13-22-51(60)43-16-6-3-7-17-43;/h2-36,40H,39H2,1H3;/q-4;+4. The number of fused-ring (bicyclic) bond motifs is 5. The molecule has 1 aliphatic rings. The van der Waals surface area contributed by atoms with Gasteiger partial charge in [0, 0.05) is 56.8 Å². The zero-order chi connectivity index (χ0) is 44.0. The minimum Gasteiger partial charge on any atom is -0.668 e. The summed E-state index contributed by atoms with van der Waals surface area (Å²) in [5.74, 6) is 1.19. The van der Waals surface area contributed by atoms with Crippen molar-refractivity contribution in [3.05, 3.63) is 242 Å². The smallest absolute Gasteiger partial charge is 0.668 e. The molecule has 0 saturated heterocycles. The van der Waals surface area contributed by atoms with Gasteiger partial charge in [-0.3, -0.25) is 4.98 Å². The summed E-state index contributed by atoms with van der Waals surface area (Å²) in [6.07, 6.45) is 1.88. The zero-order valence-electron chi connectivity index (χ0n) is 36.5. The van der Waals surface area contributed by atoms with Crippen LogP contribution >= 0.6 is 0 Å². The third-order valence-electron chi connectivity index (χ3n) is 12.4. The fraction of sp³-hybridized carbons (Fsp3) is 0.0333. The largest absolute Gasteiger partial charge is 4.00 e. The molecule has 322 valence electrons. The van der Waals surface area contributed by atoms with Crippen molar-refractivity contribution in [3.8, 4) is 44.9 Å². The van der Waals surface area contributed by atoms with Crippen LogP contribution in [0.4, 0.5) is 28.4 Å². The Bertz CT molecular complexity index is 3510. The quantitative estimate of drug-likeness (QED) is 0.128. The van der Waals surface area contributed by atoms with E-state index in [0.717, 1.165) is 94.5 Å². The summed E-state index contributed by atoms with van der Waals surface area (Å²) in [5.41, 5.74) is 16.1. The van der Waals surface area contributed by atoms with E-state index in [4.69, 9.17) is 10.1 Å². The van der Waals surface area contributed by atoms with Crippen LogP contribution in [-0.4, -0.2) is 9.55 Å². The Kier molecular flexibility index (Phi) is 11.1. The van der Waals surface area contributed by atoms with Gasteiger partial charge >= 0.3 is 21.1 Å². The van der Waals surface area contributed by atoms with E-state index in [1.54, 1.807) is 0 Å². The van der Waals surface area contributed by atoms with Crippen LogP contribution in [0, 0.1) is 25.7 Å². The average Bonchev–Trinajstić information content (AvgIpc) is 3.91. The van der Waals surface area contributed by atoms with Gasteiger partial charge in [-0.1, -0.05) is 157 Å². The van der Waals surface area contributed by atoms with Crippen molar-refractivity contribution in [2.75, 3.05) is 9.80 Å². The molecule has 1 aliphatic heterocycles. The second kappa shape index (κ2) is 17.8. The maximum atomic E-state index is 6.63. The molecule has 7 heteroatoms. The van der Waals surface area contributed by atoms with Crippen LogP contribution in [0.2, 0.25) is 0 Å². The minimum atomic E-state index is 0. The average molecular weight is 1040 g/mol. The molecule has 11 aromatic rings. The Morgan fingerprint density at radius 2 is 1.19 bits per heavy atom. The maximum Gasteiger partial charge on any atom is 4.00 e. The number of aryl methyl sites for hydroxylation is 1. The molecule has 0 amide bonds. The van der Waals surface area contributed by atoms with Crippen molar-refractivity contribution < 1.29 is 25.8 Å². The molecule has 12 rings (SSSR count). The fourth-order valence-electron chi connectivity index (χ4n) is 9.31. The zero-order valence-corrected chi connectivity index (χ0v) is 38.7. The van der Waals surface area contributed by atoms with Crippen molar-refractivity contribution in [2.45, 2.75) is 13.6 Å². The first-order valence-electron chi connectivity index (χ1n) is 22.2. The van der Waals surface area contributed by atoms with Crippen LogP contribution in [0.5, 0.6) is 11.5 Å². The SMILES string of the molecule is Cc1ccc2nccc(-c3ccc([N-]Cn4c5[c-]c(Oc6[c-]c(N7[CH-]N(c8c(-c9ccccc9)cccc8-c8ccccc8)c8ccccc87)ccc6)ccc5c5ccccc54)cc3)c2c1.[Pt+4]. The van der Waals surface area contributed by atoms with E-state index in [2.05, 4.69) is 233 Å². The van der Waals surface area contributed by atoms with Crippen LogP contribution in [-0.2, 0) is 27.7 Å². The molecule has 3 heterocycles. The molecule has 0 spiro atoms. The summed E-state index contributed by atoms with van der Waals surface area (Å²) in [4.78, 5) is 9.09. The van der Waals surface area contributed by atoms with Crippen LogP contribution in [0.15, 0.2) is 212 Å². The van der Waals surface area contributed by atoms with Crippen molar-refractivity contribution in [2.24, 2.45) is 0 Å². The molecule has 0 atom stereocenters. The molecule has 0 fully saturated rings. The molecular weight excluding hydrogens is 1000 g/mol. The third-order valence-corrected chi connectivity index (χ3v) is 12.4. The van der Waals surface area contributed by atoms with Gasteiger partial charge in [-0.15, -0.1) is 53.8 Å². The predicted molar refractivity (Wildman–Crippen MR) is 271 cm³/mol. The van der Waals surface area contributed by atoms with Gasteiger partial charge in [-0.25, -0.2) is 0 Å². The topological polar surface area (TPSA) is 47.6 Å². The Labute approximate surface area is 404 Å². The monoisotopic (exact) mass is 1040 g/mol. The van der Waals surface area contributed by atoms with E-state index in [0.29, 0.717) is 18.2 Å². The minimum absolute atomic E-state index is 0. The Balaban J connectivity index is 0.00000494. The molecule has 0 radical (unpaired) electrons. The van der Waals surface area contributed by atoms with Gasteiger partial charge in [-0.05, 0) is 71.0 Å². The second-order valence-electron chi connectivity index (χ2n) is 16.5. The van der Waals surface area contributed by atoms with Crippen LogP contribution in [0.1, 0.15) is 5.56 Å². The van der Waals surface area contributed by atoms with E-state index < -0.39 is 0 Å². The first-order valence-corrected chi connectivity index (χ1v) is 22.2. The fourth-order valence-corrected chi connectivity index (χ4v) is 9.31. The Morgan fingerprint density at radius 1 is 0.537 bits per heavy atom. The summed E-state index contributed by atoms with van der Waals surface area (Å²) >= 11 is 0. The number of pyridine rings is 1. The summed E-state index contributed by atoms with van der Waals surface area (Å²) in [7, 11) is 0. The molecule has 0 unspecified atom stereocenters. The molecule has 0 N–H and O–H groups in total. The molecule has 2 aromatic heterocycles. The van der Waals surface area contributed by atoms with E-state index in [9.17, 15) is 0 Å². The van der Waals surface area contributed by atoms with Crippen LogP contribution in [0.3, 0.4) is 0 Å². The number of hydrogen-bond donors (Lipinski definition) is 0. The van der Waals surface area contributed by atoms with Crippen LogP contribution < -0.4 is 14.5 Å². The van der Waals surface area contributed by atoms with E-state index in [1.165, 1.54) is 5.56 Å². The van der Waals surface area contributed by atoms with Gasteiger partial charge in [0.05, 0.1) is 5.52 Å². The van der Waals surface area contributed by atoms with Crippen molar-refractivity contribution >= 4 is 61.1 Å². The van der Waals surface area contributed by atoms with Gasteiger partial charge in [0.1, 0.15) is 0 Å². The second-order valence-corrected chi connectivity index (χ2v) is 16.5. The first kappa shape index (κ1) is 41.8. The van der Waals surface area contributed by atoms with Gasteiger partial charge in [0.2, 0.25) is 0 Å². The number of aromatic nitrogens is 2. The maximum absolute atomic E-state index is 6.63. The van der Waals surface area contributed by atoms with Gasteiger partial charge in [-0.2, -0.15) is 12.1 Å². The number of hydrogen-bond acceptors (Lipinski definition) is 4. The molecule has 0 saturated carbocycles. The normalized spacial score (nSPS) is 12.1. The molecular formula is C60H41N5OPt.